The Kier molecular flexibility index (Phi) is 9.80. The fourth-order valence-electron chi connectivity index (χ4n) is 9.70. The molecule has 0 saturated carbocycles. The summed E-state index contributed by atoms with van der Waals surface area (Å²) in [6.45, 7) is 0. The predicted octanol–water partition coefficient (Wildman–Crippen LogP) is 16.3. The summed E-state index contributed by atoms with van der Waals surface area (Å²) in [5, 5.41) is 0. The second kappa shape index (κ2) is 16.3. The molecule has 10 aromatic carbocycles. The van der Waals surface area contributed by atoms with Gasteiger partial charge in [-0.25, -0.2) is 0 Å². The van der Waals surface area contributed by atoms with Crippen molar-refractivity contribution in [3.8, 4) is 33.4 Å². The molecule has 10 aromatic rings. The van der Waals surface area contributed by atoms with E-state index in [0.29, 0.717) is 0 Å². The summed E-state index contributed by atoms with van der Waals surface area (Å²) in [7, 11) is 0. The lowest BCUT2D eigenvalue weighted by Crippen LogP contribution is -2.28. The first kappa shape index (κ1) is 37.8. The maximum absolute atomic E-state index is 2.42. The van der Waals surface area contributed by atoms with Crippen LogP contribution in [0.1, 0.15) is 22.3 Å². The van der Waals surface area contributed by atoms with Gasteiger partial charge in [0, 0.05) is 34.1 Å². The van der Waals surface area contributed by atoms with Gasteiger partial charge in [0.05, 0.1) is 5.41 Å². The molecule has 63 heavy (non-hydrogen) atoms. The van der Waals surface area contributed by atoms with Crippen molar-refractivity contribution in [3.63, 3.8) is 0 Å². The second-order valence-corrected chi connectivity index (χ2v) is 16.1. The number of hydrogen-bond donors (Lipinski definition) is 0. The molecule has 298 valence electrons. The van der Waals surface area contributed by atoms with E-state index in [1.54, 1.807) is 0 Å². The summed E-state index contributed by atoms with van der Waals surface area (Å²) in [6, 6.07) is 96.9. The van der Waals surface area contributed by atoms with Crippen molar-refractivity contribution in [1.82, 2.24) is 0 Å². The van der Waals surface area contributed by atoms with Gasteiger partial charge in [-0.05, 0) is 122 Å². The average Bonchev–Trinajstić information content (AvgIpc) is 3.67. The van der Waals surface area contributed by atoms with Gasteiger partial charge in [-0.2, -0.15) is 0 Å². The molecule has 2 nitrogen and oxygen atoms in total. The highest BCUT2D eigenvalue weighted by Gasteiger charge is 2.46. The maximum Gasteiger partial charge on any atom is 0.0714 e. The van der Waals surface area contributed by atoms with Crippen LogP contribution in [0.3, 0.4) is 0 Å². The van der Waals surface area contributed by atoms with E-state index in [1.165, 1.54) is 55.6 Å². The normalized spacial score (nSPS) is 12.3. The number of nitrogens with zero attached hydrogens (tertiary/aromatic N) is 2. The van der Waals surface area contributed by atoms with E-state index in [9.17, 15) is 0 Å². The lowest BCUT2D eigenvalue weighted by molar-refractivity contribution is 0.768. The van der Waals surface area contributed by atoms with Crippen molar-refractivity contribution in [2.45, 2.75) is 5.41 Å². The minimum atomic E-state index is -0.523. The quantitative estimate of drug-likeness (QED) is 0.136. The summed E-state index contributed by atoms with van der Waals surface area (Å²) >= 11 is 0. The Balaban J connectivity index is 1.09. The van der Waals surface area contributed by atoms with Crippen LogP contribution in [0.15, 0.2) is 267 Å². The largest absolute Gasteiger partial charge is 0.310 e. The Labute approximate surface area is 370 Å². The zero-order valence-electron chi connectivity index (χ0n) is 34.8. The van der Waals surface area contributed by atoms with Gasteiger partial charge in [0.2, 0.25) is 0 Å². The Hall–Kier alpha value is -8.20. The van der Waals surface area contributed by atoms with Crippen molar-refractivity contribution >= 4 is 34.1 Å². The third-order valence-electron chi connectivity index (χ3n) is 12.5. The Morgan fingerprint density at radius 2 is 0.556 bits per heavy atom. The van der Waals surface area contributed by atoms with E-state index in [-0.39, 0.29) is 0 Å². The van der Waals surface area contributed by atoms with Crippen molar-refractivity contribution in [2.75, 3.05) is 9.80 Å². The molecule has 2 heteroatoms. The monoisotopic (exact) mass is 804 g/mol. The molecule has 1 aliphatic carbocycles. The van der Waals surface area contributed by atoms with E-state index >= 15 is 0 Å². The van der Waals surface area contributed by atoms with Crippen LogP contribution >= 0.6 is 0 Å². The number of para-hydroxylation sites is 1. The number of anilines is 6. The van der Waals surface area contributed by atoms with E-state index in [0.717, 1.165) is 34.1 Å². The highest BCUT2D eigenvalue weighted by molar-refractivity contribution is 5.88. The fraction of sp³-hybridized carbons (Fsp3) is 0.0164. The third-order valence-corrected chi connectivity index (χ3v) is 12.5. The lowest BCUT2D eigenvalue weighted by atomic mass is 9.67. The van der Waals surface area contributed by atoms with Crippen LogP contribution in [0.25, 0.3) is 33.4 Å². The molecule has 0 aliphatic heterocycles. The minimum absolute atomic E-state index is 0.523. The van der Waals surface area contributed by atoms with Crippen molar-refractivity contribution in [3.05, 3.63) is 289 Å². The molecule has 0 bridgehead atoms. The molecule has 0 spiro atoms. The Morgan fingerprint density at radius 1 is 0.222 bits per heavy atom. The van der Waals surface area contributed by atoms with Gasteiger partial charge in [-0.15, -0.1) is 0 Å². The lowest BCUT2D eigenvalue weighted by Gasteiger charge is -2.35. The molecule has 0 radical (unpaired) electrons. The highest BCUT2D eigenvalue weighted by Crippen LogP contribution is 2.56. The van der Waals surface area contributed by atoms with Gasteiger partial charge in [0.15, 0.2) is 0 Å². The Bertz CT molecular complexity index is 3100. The van der Waals surface area contributed by atoms with Crippen LogP contribution in [0.2, 0.25) is 0 Å². The zero-order valence-corrected chi connectivity index (χ0v) is 34.8. The molecule has 0 unspecified atom stereocenters. The fourth-order valence-corrected chi connectivity index (χ4v) is 9.70. The Morgan fingerprint density at radius 3 is 1.06 bits per heavy atom. The first-order valence-electron chi connectivity index (χ1n) is 21.7. The molecule has 0 N–H and O–H groups in total. The molecular formula is C61H44N2. The molecule has 0 aromatic heterocycles. The van der Waals surface area contributed by atoms with Crippen LogP contribution in [0, 0.1) is 0 Å². The highest BCUT2D eigenvalue weighted by atomic mass is 15.2. The van der Waals surface area contributed by atoms with Crippen LogP contribution in [0.5, 0.6) is 0 Å². The van der Waals surface area contributed by atoms with E-state index in [1.807, 2.05) is 0 Å². The van der Waals surface area contributed by atoms with Crippen LogP contribution < -0.4 is 9.80 Å². The van der Waals surface area contributed by atoms with Gasteiger partial charge in [-0.1, -0.05) is 200 Å². The topological polar surface area (TPSA) is 6.48 Å². The summed E-state index contributed by atoms with van der Waals surface area (Å²) in [5.41, 5.74) is 18.3. The maximum atomic E-state index is 2.42. The molecule has 1 aliphatic rings. The summed E-state index contributed by atoms with van der Waals surface area (Å²) < 4.78 is 0. The summed E-state index contributed by atoms with van der Waals surface area (Å²) in [5.74, 6) is 0. The zero-order chi connectivity index (χ0) is 42.0. The first-order chi connectivity index (χ1) is 31.3. The third kappa shape index (κ3) is 6.79. The average molecular weight is 805 g/mol. The van der Waals surface area contributed by atoms with Gasteiger partial charge in [0.1, 0.15) is 0 Å². The predicted molar refractivity (Wildman–Crippen MR) is 264 cm³/mol. The van der Waals surface area contributed by atoms with Gasteiger partial charge < -0.3 is 9.80 Å². The number of rotatable bonds is 10. The first-order valence-corrected chi connectivity index (χ1v) is 21.7. The molecule has 0 heterocycles. The van der Waals surface area contributed by atoms with Crippen molar-refractivity contribution < 1.29 is 0 Å². The van der Waals surface area contributed by atoms with Crippen LogP contribution in [0.4, 0.5) is 34.1 Å². The number of fused-ring (bicyclic) bond motifs is 3. The van der Waals surface area contributed by atoms with Crippen LogP contribution in [-0.4, -0.2) is 0 Å². The molecule has 0 saturated heterocycles. The van der Waals surface area contributed by atoms with Crippen molar-refractivity contribution in [2.24, 2.45) is 0 Å². The van der Waals surface area contributed by atoms with E-state index in [4.69, 9.17) is 0 Å². The van der Waals surface area contributed by atoms with Gasteiger partial charge >= 0.3 is 0 Å². The molecular weight excluding hydrogens is 761 g/mol. The SMILES string of the molecule is c1ccc(-c2ccc(N(c3ccccc3)c3cccc(N(c4ccc(-c5ccccc5)cc4)c4cccc(C5(c6ccccc6)c6ccccc6-c6ccccc65)c4)c3)cc2)cc1. The molecule has 0 amide bonds. The van der Waals surface area contributed by atoms with Crippen molar-refractivity contribution in [1.29, 1.82) is 0 Å². The van der Waals surface area contributed by atoms with Gasteiger partial charge in [-0.3, -0.25) is 0 Å². The second-order valence-electron chi connectivity index (χ2n) is 16.1. The smallest absolute Gasteiger partial charge is 0.0714 e. The molecule has 0 fully saturated rings. The summed E-state index contributed by atoms with van der Waals surface area (Å²) in [6.07, 6.45) is 0. The summed E-state index contributed by atoms with van der Waals surface area (Å²) in [4.78, 5) is 4.76. The van der Waals surface area contributed by atoms with Crippen LogP contribution in [-0.2, 0) is 5.41 Å². The van der Waals surface area contributed by atoms with E-state index in [2.05, 4.69) is 277 Å². The minimum Gasteiger partial charge on any atom is -0.310 e. The standard InChI is InChI=1S/C61H44N2/c1-5-19-45(20-6-1)47-35-39-52(40-36-47)62(51-26-11-4-12-27-51)55-29-18-30-56(44-55)63(53-41-37-48(38-42-53)46-21-7-2-8-22-46)54-28-17-25-50(43-54)61(49-23-9-3-10-24-49)59-33-15-13-31-57(59)58-32-14-16-34-60(58)61/h1-44H. The number of hydrogen-bond acceptors (Lipinski definition) is 2. The number of benzene rings is 10. The van der Waals surface area contributed by atoms with E-state index < -0.39 is 5.41 Å². The molecule has 11 rings (SSSR count). The van der Waals surface area contributed by atoms with Gasteiger partial charge in [0.25, 0.3) is 0 Å². The molecule has 0 atom stereocenters.